The van der Waals surface area contributed by atoms with E-state index in [1.54, 1.807) is 0 Å². The van der Waals surface area contributed by atoms with Gasteiger partial charge in [-0.05, 0) is 12.0 Å². The Morgan fingerprint density at radius 1 is 0.909 bits per heavy atom. The molecule has 0 unspecified atom stereocenters. The molecule has 1 rings (SSSR count). The van der Waals surface area contributed by atoms with E-state index in [4.69, 9.17) is 9.47 Å². The lowest BCUT2D eigenvalue weighted by atomic mass is 10.2. The first kappa shape index (κ1) is 17.8. The maximum Gasteiger partial charge on any atom is 0.452 e. The van der Waals surface area contributed by atoms with E-state index in [-0.39, 0.29) is 6.61 Å². The molecule has 0 saturated carbocycles. The Balaban J connectivity index is 2.12. The van der Waals surface area contributed by atoms with Gasteiger partial charge in [0.05, 0.1) is 6.61 Å². The van der Waals surface area contributed by atoms with Gasteiger partial charge in [-0.3, -0.25) is 0 Å². The van der Waals surface area contributed by atoms with Crippen LogP contribution in [0.1, 0.15) is 44.6 Å². The maximum absolute atomic E-state index is 11.3. The minimum Gasteiger partial charge on any atom is -0.447 e. The van der Waals surface area contributed by atoms with Crippen molar-refractivity contribution in [2.24, 2.45) is 10.2 Å². The molecule has 0 spiro atoms. The highest BCUT2D eigenvalue weighted by Crippen LogP contribution is 2.04. The maximum atomic E-state index is 11.3. The van der Waals surface area contributed by atoms with Crippen LogP contribution in [0.5, 0.6) is 0 Å². The zero-order chi connectivity index (χ0) is 16.0. The van der Waals surface area contributed by atoms with Crippen molar-refractivity contribution in [3.8, 4) is 0 Å². The van der Waals surface area contributed by atoms with Crippen LogP contribution in [-0.2, 0) is 16.1 Å². The minimum atomic E-state index is -0.913. The van der Waals surface area contributed by atoms with Crippen molar-refractivity contribution in [1.29, 1.82) is 0 Å². The van der Waals surface area contributed by atoms with Gasteiger partial charge in [0.15, 0.2) is 0 Å². The molecular weight excluding hydrogens is 284 g/mol. The summed E-state index contributed by atoms with van der Waals surface area (Å²) in [6, 6.07) is 9.17. The predicted molar refractivity (Wildman–Crippen MR) is 81.6 cm³/mol. The molecule has 1 aromatic carbocycles. The van der Waals surface area contributed by atoms with Crippen LogP contribution in [0, 0.1) is 0 Å². The number of azo groups is 1. The summed E-state index contributed by atoms with van der Waals surface area (Å²) in [6.45, 7) is 2.52. The fraction of sp³-hybridized carbons (Fsp3) is 0.500. The lowest BCUT2D eigenvalue weighted by Crippen LogP contribution is -2.03. The molecule has 0 aliphatic rings. The number of carbonyl (C=O) groups excluding carboxylic acids is 2. The molecule has 0 atom stereocenters. The second-order valence-corrected chi connectivity index (χ2v) is 4.77. The lowest BCUT2D eigenvalue weighted by molar-refractivity contribution is 0.141. The summed E-state index contributed by atoms with van der Waals surface area (Å²) in [5, 5.41) is 6.32. The fourth-order valence-electron chi connectivity index (χ4n) is 1.72. The molecule has 6 heteroatoms. The highest BCUT2D eigenvalue weighted by molar-refractivity contribution is 5.73. The number of rotatable bonds is 8. The van der Waals surface area contributed by atoms with Gasteiger partial charge in [0.1, 0.15) is 6.61 Å². The van der Waals surface area contributed by atoms with E-state index in [1.165, 1.54) is 12.8 Å². The molecular formula is C16H22N2O4. The number of amides is 2. The molecule has 22 heavy (non-hydrogen) atoms. The van der Waals surface area contributed by atoms with E-state index >= 15 is 0 Å². The van der Waals surface area contributed by atoms with Crippen molar-refractivity contribution < 1.29 is 19.1 Å². The van der Waals surface area contributed by atoms with E-state index in [0.29, 0.717) is 6.61 Å². The van der Waals surface area contributed by atoms with E-state index in [0.717, 1.165) is 24.8 Å². The van der Waals surface area contributed by atoms with Crippen LogP contribution in [0.4, 0.5) is 9.59 Å². The van der Waals surface area contributed by atoms with E-state index in [1.807, 2.05) is 30.3 Å². The first-order valence-corrected chi connectivity index (χ1v) is 7.51. The van der Waals surface area contributed by atoms with Gasteiger partial charge in [-0.1, -0.05) is 73.2 Å². The van der Waals surface area contributed by atoms with Crippen LogP contribution < -0.4 is 0 Å². The first-order valence-electron chi connectivity index (χ1n) is 7.51. The molecule has 0 fully saturated rings. The highest BCUT2D eigenvalue weighted by Gasteiger charge is 2.04. The largest absolute Gasteiger partial charge is 0.452 e. The number of unbranched alkanes of at least 4 members (excludes halogenated alkanes) is 4. The number of carbonyl (C=O) groups is 2. The van der Waals surface area contributed by atoms with Crippen molar-refractivity contribution >= 4 is 12.2 Å². The van der Waals surface area contributed by atoms with Gasteiger partial charge in [-0.25, -0.2) is 9.59 Å². The van der Waals surface area contributed by atoms with Gasteiger partial charge in [-0.15, -0.1) is 0 Å². The van der Waals surface area contributed by atoms with Gasteiger partial charge >= 0.3 is 12.2 Å². The monoisotopic (exact) mass is 306 g/mol. The predicted octanol–water partition coefficient (Wildman–Crippen LogP) is 4.88. The van der Waals surface area contributed by atoms with Crippen molar-refractivity contribution in [3.63, 3.8) is 0 Å². The Morgan fingerprint density at radius 3 is 2.23 bits per heavy atom. The Kier molecular flexibility index (Phi) is 9.25. The summed E-state index contributed by atoms with van der Waals surface area (Å²) in [4.78, 5) is 22.5. The van der Waals surface area contributed by atoms with Crippen molar-refractivity contribution in [1.82, 2.24) is 0 Å². The quantitative estimate of drug-likeness (QED) is 0.506. The number of nitrogens with zero attached hydrogens (tertiary/aromatic N) is 2. The molecule has 0 N–H and O–H groups in total. The van der Waals surface area contributed by atoms with Crippen LogP contribution >= 0.6 is 0 Å². The third kappa shape index (κ3) is 8.84. The SMILES string of the molecule is CCCCCCCOC(=O)N=NC(=O)OCc1ccccc1. The molecule has 0 saturated heterocycles. The molecule has 0 aromatic heterocycles. The zero-order valence-electron chi connectivity index (χ0n) is 12.9. The van der Waals surface area contributed by atoms with Crippen LogP contribution in [0.25, 0.3) is 0 Å². The molecule has 0 aliphatic heterocycles. The number of benzene rings is 1. The van der Waals surface area contributed by atoms with Gasteiger partial charge in [0.25, 0.3) is 0 Å². The Bertz CT molecular complexity index is 474. The van der Waals surface area contributed by atoms with Gasteiger partial charge in [0.2, 0.25) is 0 Å². The molecule has 0 radical (unpaired) electrons. The lowest BCUT2D eigenvalue weighted by Gasteiger charge is -2.01. The van der Waals surface area contributed by atoms with Gasteiger partial charge in [0, 0.05) is 0 Å². The normalized spacial score (nSPS) is 10.6. The first-order chi connectivity index (χ1) is 10.7. The fourth-order valence-corrected chi connectivity index (χ4v) is 1.72. The van der Waals surface area contributed by atoms with E-state index in [9.17, 15) is 9.59 Å². The number of hydrogen-bond donors (Lipinski definition) is 0. The third-order valence-electron chi connectivity index (χ3n) is 2.89. The molecule has 1 aromatic rings. The van der Waals surface area contributed by atoms with E-state index in [2.05, 4.69) is 17.2 Å². The van der Waals surface area contributed by atoms with Crippen LogP contribution in [-0.4, -0.2) is 18.8 Å². The molecule has 2 amide bonds. The Morgan fingerprint density at radius 2 is 1.55 bits per heavy atom. The molecule has 0 aliphatic carbocycles. The molecule has 120 valence electrons. The second-order valence-electron chi connectivity index (χ2n) is 4.77. The smallest absolute Gasteiger partial charge is 0.447 e. The summed E-state index contributed by atoms with van der Waals surface area (Å²) in [5.41, 5.74) is 0.834. The highest BCUT2D eigenvalue weighted by atomic mass is 16.6. The number of ether oxygens (including phenoxy) is 2. The summed E-state index contributed by atoms with van der Waals surface area (Å²) in [7, 11) is 0. The molecule has 6 nitrogen and oxygen atoms in total. The van der Waals surface area contributed by atoms with Gasteiger partial charge in [-0.2, -0.15) is 0 Å². The average molecular weight is 306 g/mol. The third-order valence-corrected chi connectivity index (χ3v) is 2.89. The van der Waals surface area contributed by atoms with E-state index < -0.39 is 12.2 Å². The minimum absolute atomic E-state index is 0.0885. The standard InChI is InChI=1S/C16H22N2O4/c1-2-3-4-5-9-12-21-15(19)17-18-16(20)22-13-14-10-7-6-8-11-14/h6-8,10-11H,2-5,9,12-13H2,1H3. The van der Waals surface area contributed by atoms with Crippen LogP contribution in [0.2, 0.25) is 0 Å². The van der Waals surface area contributed by atoms with Crippen LogP contribution in [0.15, 0.2) is 40.6 Å². The summed E-state index contributed by atoms with van der Waals surface area (Å²) < 4.78 is 9.67. The topological polar surface area (TPSA) is 77.3 Å². The van der Waals surface area contributed by atoms with Crippen molar-refractivity contribution in [2.75, 3.05) is 6.61 Å². The molecule has 0 heterocycles. The Hall–Kier alpha value is -2.24. The summed E-state index contributed by atoms with van der Waals surface area (Å²) in [6.07, 6.45) is 3.49. The van der Waals surface area contributed by atoms with Crippen molar-refractivity contribution in [3.05, 3.63) is 35.9 Å². The zero-order valence-corrected chi connectivity index (χ0v) is 12.9. The van der Waals surface area contributed by atoms with Crippen molar-refractivity contribution in [2.45, 2.75) is 45.6 Å². The molecule has 0 bridgehead atoms. The van der Waals surface area contributed by atoms with Crippen LogP contribution in [0.3, 0.4) is 0 Å². The Labute approximate surface area is 130 Å². The summed E-state index contributed by atoms with van der Waals surface area (Å²) >= 11 is 0. The average Bonchev–Trinajstić information content (AvgIpc) is 2.55. The van der Waals surface area contributed by atoms with Gasteiger partial charge < -0.3 is 9.47 Å². The summed E-state index contributed by atoms with van der Waals surface area (Å²) in [5.74, 6) is 0. The second kappa shape index (κ2) is 11.4. The number of hydrogen-bond acceptors (Lipinski definition) is 4.